The largest absolute Gasteiger partial charge is 0.450 e. The minimum atomic E-state index is -0.371. The van der Waals surface area contributed by atoms with Crippen molar-refractivity contribution in [2.75, 3.05) is 13.2 Å². The summed E-state index contributed by atoms with van der Waals surface area (Å²) in [6.07, 6.45) is 2.93. The number of hydrogen-bond acceptors (Lipinski definition) is 6. The first kappa shape index (κ1) is 20.5. The van der Waals surface area contributed by atoms with E-state index in [4.69, 9.17) is 4.74 Å². The number of carbonyl (C=O) groups is 1. The Balaban J connectivity index is 0. The van der Waals surface area contributed by atoms with Crippen LogP contribution in [0.2, 0.25) is 0 Å². The van der Waals surface area contributed by atoms with E-state index in [-0.39, 0.29) is 31.7 Å². The van der Waals surface area contributed by atoms with Crippen molar-refractivity contribution in [1.29, 1.82) is 0 Å². The molecule has 0 saturated heterocycles. The predicted molar refractivity (Wildman–Crippen MR) is 81.3 cm³/mol. The van der Waals surface area contributed by atoms with Gasteiger partial charge in [0.15, 0.2) is 0 Å². The summed E-state index contributed by atoms with van der Waals surface area (Å²) in [6, 6.07) is 0. The summed E-state index contributed by atoms with van der Waals surface area (Å²) in [7, 11) is 0. The maximum Gasteiger partial charge on any atom is 0.407 e. The van der Waals surface area contributed by atoms with Gasteiger partial charge in [-0.1, -0.05) is 0 Å². The van der Waals surface area contributed by atoms with E-state index < -0.39 is 0 Å². The molecular formula is C9H19NNiO2S4. The first-order valence-corrected chi connectivity index (χ1v) is 7.22. The molecule has 0 aromatic heterocycles. The fourth-order valence-corrected chi connectivity index (χ4v) is 1.69. The molecule has 1 N–H and O–H groups in total. The van der Waals surface area contributed by atoms with Crippen LogP contribution in [0.1, 0.15) is 25.7 Å². The van der Waals surface area contributed by atoms with Crippen LogP contribution in [0.15, 0.2) is 0 Å². The van der Waals surface area contributed by atoms with E-state index in [1.165, 1.54) is 0 Å². The zero-order chi connectivity index (χ0) is 12.4. The van der Waals surface area contributed by atoms with Crippen molar-refractivity contribution in [3.8, 4) is 0 Å². The van der Waals surface area contributed by atoms with Crippen LogP contribution in [0.5, 0.6) is 0 Å². The van der Waals surface area contributed by atoms with Crippen LogP contribution in [0, 0.1) is 0 Å². The first-order chi connectivity index (χ1) is 7.52. The van der Waals surface area contributed by atoms with Crippen LogP contribution in [-0.4, -0.2) is 28.4 Å². The van der Waals surface area contributed by atoms with Gasteiger partial charge in [0.1, 0.15) is 0 Å². The molecule has 0 unspecified atom stereocenters. The smallest absolute Gasteiger partial charge is 0.407 e. The Hall–Kier alpha value is 1.16. The van der Waals surface area contributed by atoms with Gasteiger partial charge < -0.3 is 10.1 Å². The normalized spacial score (nSPS) is 10.2. The molecule has 3 nitrogen and oxygen atoms in total. The summed E-state index contributed by atoms with van der Waals surface area (Å²) in [6.45, 7) is 1.00. The molecule has 17 heavy (non-hydrogen) atoms. The molecule has 0 aromatic rings. The number of thiol groups is 4. The molecule has 0 saturated carbocycles. The third kappa shape index (κ3) is 17.2. The van der Waals surface area contributed by atoms with Gasteiger partial charge in [0.05, 0.1) is 6.61 Å². The van der Waals surface area contributed by atoms with Crippen LogP contribution < -0.4 is 5.32 Å². The van der Waals surface area contributed by atoms with Crippen molar-refractivity contribution in [1.82, 2.24) is 5.32 Å². The van der Waals surface area contributed by atoms with E-state index in [2.05, 4.69) is 55.8 Å². The SMILES string of the molecule is O=C(NCCCC(S)S)OCCCC(S)S.[Ni]. The second kappa shape index (κ2) is 13.6. The van der Waals surface area contributed by atoms with Crippen LogP contribution in [0.25, 0.3) is 0 Å². The molecule has 0 aliphatic rings. The van der Waals surface area contributed by atoms with E-state index in [9.17, 15) is 4.79 Å². The quantitative estimate of drug-likeness (QED) is 0.200. The number of amides is 1. The van der Waals surface area contributed by atoms with Crippen LogP contribution >= 0.6 is 50.5 Å². The molecule has 1 amide bonds. The monoisotopic (exact) mass is 359 g/mol. The first-order valence-electron chi connectivity index (χ1n) is 5.15. The average Bonchev–Trinajstić information content (AvgIpc) is 2.19. The fourth-order valence-electron chi connectivity index (χ4n) is 0.957. The van der Waals surface area contributed by atoms with Gasteiger partial charge >= 0.3 is 6.09 Å². The molecule has 0 bridgehead atoms. The number of alkyl carbamates (subject to hydrolysis) is 1. The van der Waals surface area contributed by atoms with E-state index in [1.54, 1.807) is 0 Å². The minimum Gasteiger partial charge on any atom is -0.450 e. The molecule has 106 valence electrons. The molecule has 0 fully saturated rings. The van der Waals surface area contributed by atoms with E-state index >= 15 is 0 Å². The van der Waals surface area contributed by atoms with Crippen molar-refractivity contribution in [3.63, 3.8) is 0 Å². The van der Waals surface area contributed by atoms with Crippen LogP contribution in [-0.2, 0) is 21.2 Å². The molecule has 0 spiro atoms. The average molecular weight is 360 g/mol. The number of rotatable bonds is 8. The van der Waals surface area contributed by atoms with Crippen molar-refractivity contribution < 1.29 is 26.0 Å². The molecule has 0 aromatic carbocycles. The third-order valence-electron chi connectivity index (χ3n) is 1.75. The molecule has 0 atom stereocenters. The maximum absolute atomic E-state index is 11.1. The second-order valence-electron chi connectivity index (χ2n) is 3.31. The van der Waals surface area contributed by atoms with Gasteiger partial charge in [-0.25, -0.2) is 4.79 Å². The van der Waals surface area contributed by atoms with Gasteiger partial charge in [-0.05, 0) is 25.7 Å². The molecule has 0 heterocycles. The summed E-state index contributed by atoms with van der Waals surface area (Å²) in [4.78, 5) is 11.1. The Morgan fingerprint density at radius 1 is 1.06 bits per heavy atom. The summed E-state index contributed by atoms with van der Waals surface area (Å²) in [5.74, 6) is 0. The van der Waals surface area contributed by atoms with E-state index in [0.717, 1.165) is 25.7 Å². The summed E-state index contributed by atoms with van der Waals surface area (Å²) in [5, 5.41) is 2.66. The van der Waals surface area contributed by atoms with Gasteiger partial charge in [0.2, 0.25) is 0 Å². The number of ether oxygens (including phenoxy) is 1. The maximum atomic E-state index is 11.1. The fraction of sp³-hybridized carbons (Fsp3) is 0.889. The van der Waals surface area contributed by atoms with Crippen molar-refractivity contribution in [2.24, 2.45) is 0 Å². The molecule has 8 heteroatoms. The van der Waals surface area contributed by atoms with Crippen molar-refractivity contribution in [2.45, 2.75) is 34.8 Å². The molecule has 0 radical (unpaired) electrons. The van der Waals surface area contributed by atoms with Gasteiger partial charge in [-0.2, -0.15) is 50.5 Å². The van der Waals surface area contributed by atoms with Gasteiger partial charge in [-0.15, -0.1) is 0 Å². The third-order valence-corrected chi connectivity index (χ3v) is 2.78. The van der Waals surface area contributed by atoms with Crippen LogP contribution in [0.3, 0.4) is 0 Å². The predicted octanol–water partition coefficient (Wildman–Crippen LogP) is 2.64. The van der Waals surface area contributed by atoms with Crippen molar-refractivity contribution >= 4 is 56.6 Å². The Bertz CT molecular complexity index is 178. The molecule has 0 aliphatic heterocycles. The summed E-state index contributed by atoms with van der Waals surface area (Å²) in [5.41, 5.74) is 0. The number of carbonyl (C=O) groups excluding carboxylic acids is 1. The van der Waals surface area contributed by atoms with Gasteiger partial charge in [-0.3, -0.25) is 0 Å². The Morgan fingerprint density at radius 3 is 2.12 bits per heavy atom. The Kier molecular flexibility index (Phi) is 16.4. The number of hydrogen-bond donors (Lipinski definition) is 5. The van der Waals surface area contributed by atoms with E-state index in [0.29, 0.717) is 13.2 Å². The van der Waals surface area contributed by atoms with Gasteiger partial charge in [0.25, 0.3) is 0 Å². The Morgan fingerprint density at radius 2 is 1.59 bits per heavy atom. The standard InChI is InChI=1S/C9H19NO2S4.Ni/c11-9(10-5-1-3-7(13)14)12-6-2-4-8(15)16;/h7-8,13-16H,1-6H2,(H,10,11);. The van der Waals surface area contributed by atoms with Crippen molar-refractivity contribution in [3.05, 3.63) is 0 Å². The Labute approximate surface area is 135 Å². The molecular weight excluding hydrogens is 341 g/mol. The summed E-state index contributed by atoms with van der Waals surface area (Å²) < 4.78 is 5.06. The number of nitrogens with one attached hydrogen (secondary N) is 1. The molecule has 0 rings (SSSR count). The van der Waals surface area contributed by atoms with E-state index in [1.807, 2.05) is 0 Å². The topological polar surface area (TPSA) is 38.3 Å². The second-order valence-corrected chi connectivity index (χ2v) is 6.62. The molecule has 0 aliphatic carbocycles. The zero-order valence-corrected chi connectivity index (χ0v) is 13.9. The summed E-state index contributed by atoms with van der Waals surface area (Å²) >= 11 is 16.4. The van der Waals surface area contributed by atoms with Crippen LogP contribution in [0.4, 0.5) is 4.79 Å². The zero-order valence-electron chi connectivity index (χ0n) is 9.32. The minimum absolute atomic E-state index is 0. The van der Waals surface area contributed by atoms with Gasteiger partial charge in [0, 0.05) is 32.2 Å².